The van der Waals surface area contributed by atoms with Gasteiger partial charge in [-0.1, -0.05) is 64.2 Å². The van der Waals surface area contributed by atoms with Gasteiger partial charge in [0.15, 0.2) is 22.3 Å². The maximum atomic E-state index is 13.2. The van der Waals surface area contributed by atoms with Gasteiger partial charge in [0.05, 0.1) is 0 Å². The zero-order chi connectivity index (χ0) is 37.6. The molecule has 0 unspecified atom stereocenters. The minimum absolute atomic E-state index is 0.323. The molecule has 0 spiro atoms. The highest BCUT2D eigenvalue weighted by Gasteiger charge is 2.20. The third-order valence-electron chi connectivity index (χ3n) is 10.0. The molecule has 0 radical (unpaired) electrons. The minimum atomic E-state index is -0.383. The van der Waals surface area contributed by atoms with Crippen molar-refractivity contribution in [2.45, 2.75) is 116 Å². The van der Waals surface area contributed by atoms with Crippen molar-refractivity contribution in [2.75, 3.05) is 36.8 Å². The number of aryl methyl sites for hydroxylation is 4. The molecule has 0 amide bonds. The number of nitrogens with two attached hydrogens (primary N) is 2. The van der Waals surface area contributed by atoms with Gasteiger partial charge in [-0.15, -0.1) is 0 Å². The Bertz CT molecular complexity index is 1840. The lowest BCUT2D eigenvalue weighted by Gasteiger charge is -2.11. The Hall–Kier alpha value is -4.18. The molecule has 16 nitrogen and oxygen atoms in total. The van der Waals surface area contributed by atoms with E-state index in [2.05, 4.69) is 20.6 Å². The molecule has 4 rings (SSSR count). The molecule has 6 N–H and O–H groups in total. The predicted octanol–water partition coefficient (Wildman–Crippen LogP) is 2.86. The molecule has 0 aromatic carbocycles. The largest absolute Gasteiger partial charge is 0.356 e. The molecular formula is C36H62N12O4. The molecule has 0 saturated heterocycles. The van der Waals surface area contributed by atoms with E-state index in [9.17, 15) is 19.2 Å². The van der Waals surface area contributed by atoms with Crippen LogP contribution < -0.4 is 44.6 Å². The molecule has 0 atom stereocenters. The zero-order valence-corrected chi connectivity index (χ0v) is 31.9. The van der Waals surface area contributed by atoms with Crippen LogP contribution in [0.15, 0.2) is 19.2 Å². The van der Waals surface area contributed by atoms with Crippen molar-refractivity contribution in [3.8, 4) is 0 Å². The fourth-order valence-corrected chi connectivity index (χ4v) is 6.84. The maximum Gasteiger partial charge on any atom is 0.332 e. The maximum absolute atomic E-state index is 13.2. The van der Waals surface area contributed by atoms with Gasteiger partial charge in [-0.25, -0.2) is 9.59 Å². The highest BCUT2D eigenvalue weighted by molar-refractivity contribution is 5.75. The molecule has 4 aromatic heterocycles. The molecule has 0 aliphatic rings. The molecule has 0 bridgehead atoms. The second kappa shape index (κ2) is 20.2. The number of hydrogen-bond acceptors (Lipinski definition) is 10. The van der Waals surface area contributed by atoms with Crippen molar-refractivity contribution in [3.05, 3.63) is 41.7 Å². The molecule has 52 heavy (non-hydrogen) atoms. The Morgan fingerprint density at radius 3 is 1.15 bits per heavy atom. The summed E-state index contributed by atoms with van der Waals surface area (Å²) in [5.74, 6) is 1.28. The number of nitrogens with zero attached hydrogens (tertiary/aromatic N) is 8. The zero-order valence-electron chi connectivity index (χ0n) is 31.9. The number of nitrogens with one attached hydrogen (secondary N) is 2. The number of rotatable bonds is 25. The first-order valence-corrected chi connectivity index (χ1v) is 19.3. The molecule has 0 fully saturated rings. The lowest BCUT2D eigenvalue weighted by molar-refractivity contribution is 0.530. The van der Waals surface area contributed by atoms with Crippen molar-refractivity contribution in [3.63, 3.8) is 0 Å². The number of unbranched alkanes of at least 4 members (excludes halogenated alkanes) is 13. The highest BCUT2D eigenvalue weighted by atomic mass is 16.2. The lowest BCUT2D eigenvalue weighted by Crippen LogP contribution is -2.37. The molecule has 4 aromatic rings. The summed E-state index contributed by atoms with van der Waals surface area (Å²) in [5.41, 5.74) is 11.6. The van der Waals surface area contributed by atoms with Crippen LogP contribution in [0.5, 0.6) is 0 Å². The first-order valence-electron chi connectivity index (χ1n) is 19.3. The average molecular weight is 727 g/mol. The summed E-state index contributed by atoms with van der Waals surface area (Å²) in [7, 11) is 6.33. The van der Waals surface area contributed by atoms with Gasteiger partial charge >= 0.3 is 11.4 Å². The molecule has 0 aliphatic carbocycles. The van der Waals surface area contributed by atoms with E-state index in [1.165, 1.54) is 23.2 Å². The second-order valence-corrected chi connectivity index (χ2v) is 14.0. The van der Waals surface area contributed by atoms with Crippen LogP contribution in [-0.2, 0) is 41.3 Å². The Kier molecular flexibility index (Phi) is 15.7. The Morgan fingerprint density at radius 2 is 0.788 bits per heavy atom. The van der Waals surface area contributed by atoms with E-state index in [1.807, 2.05) is 9.13 Å². The van der Waals surface area contributed by atoms with E-state index >= 15 is 0 Å². The van der Waals surface area contributed by atoms with Crippen LogP contribution >= 0.6 is 0 Å². The van der Waals surface area contributed by atoms with E-state index in [1.54, 1.807) is 14.1 Å². The van der Waals surface area contributed by atoms with Gasteiger partial charge < -0.3 is 31.2 Å². The summed E-state index contributed by atoms with van der Waals surface area (Å²) in [6.45, 7) is 4.18. The van der Waals surface area contributed by atoms with Gasteiger partial charge in [0, 0.05) is 54.4 Å². The van der Waals surface area contributed by atoms with Crippen LogP contribution in [0.4, 0.5) is 11.9 Å². The summed E-state index contributed by atoms with van der Waals surface area (Å²) in [6.07, 6.45) is 16.5. The predicted molar refractivity (Wildman–Crippen MR) is 209 cm³/mol. The fraction of sp³-hybridized carbons (Fsp3) is 0.722. The van der Waals surface area contributed by atoms with E-state index in [4.69, 9.17) is 11.5 Å². The van der Waals surface area contributed by atoms with Gasteiger partial charge in [0.2, 0.25) is 11.9 Å². The summed E-state index contributed by atoms with van der Waals surface area (Å²) in [5, 5.41) is 6.83. The van der Waals surface area contributed by atoms with Crippen LogP contribution in [0, 0.1) is 0 Å². The van der Waals surface area contributed by atoms with Gasteiger partial charge in [-0.2, -0.15) is 9.97 Å². The number of aromatic nitrogens is 8. The van der Waals surface area contributed by atoms with Crippen LogP contribution in [0.2, 0.25) is 0 Å². The summed E-state index contributed by atoms with van der Waals surface area (Å²) in [6, 6.07) is 0. The Labute approximate surface area is 305 Å². The summed E-state index contributed by atoms with van der Waals surface area (Å²) >= 11 is 0. The van der Waals surface area contributed by atoms with Gasteiger partial charge in [0.1, 0.15) is 0 Å². The van der Waals surface area contributed by atoms with Crippen LogP contribution in [-0.4, -0.2) is 63.5 Å². The van der Waals surface area contributed by atoms with E-state index < -0.39 is 0 Å². The van der Waals surface area contributed by atoms with Crippen LogP contribution in [0.25, 0.3) is 22.3 Å². The average Bonchev–Trinajstić information content (AvgIpc) is 3.70. The van der Waals surface area contributed by atoms with Crippen molar-refractivity contribution in [1.82, 2.24) is 37.4 Å². The summed E-state index contributed by atoms with van der Waals surface area (Å²) in [4.78, 5) is 60.8. The molecule has 0 aliphatic heterocycles. The number of imidazole rings is 2. The van der Waals surface area contributed by atoms with E-state index in [0.717, 1.165) is 125 Å². The SMILES string of the molecule is Cn1c(=O)c2c(nc(NCCCCCCN)n2CCCCCCCCCCn2c(NCCCCCCN)nc3c2c(=O)n(C)c(=O)n3C)n(C)c1=O. The van der Waals surface area contributed by atoms with Gasteiger partial charge in [0.25, 0.3) is 11.1 Å². The second-order valence-electron chi connectivity index (χ2n) is 14.0. The first kappa shape index (κ1) is 40.6. The highest BCUT2D eigenvalue weighted by Crippen LogP contribution is 2.20. The third kappa shape index (κ3) is 9.82. The Morgan fingerprint density at radius 1 is 0.462 bits per heavy atom. The quantitative estimate of drug-likeness (QED) is 0.0737. The smallest absolute Gasteiger partial charge is 0.332 e. The van der Waals surface area contributed by atoms with Crippen LogP contribution in [0.3, 0.4) is 0 Å². The number of hydrogen-bond donors (Lipinski definition) is 4. The van der Waals surface area contributed by atoms with Crippen molar-refractivity contribution in [1.29, 1.82) is 0 Å². The third-order valence-corrected chi connectivity index (χ3v) is 10.0. The van der Waals surface area contributed by atoms with E-state index in [0.29, 0.717) is 60.4 Å². The topological polar surface area (TPSA) is 200 Å². The molecule has 4 heterocycles. The summed E-state index contributed by atoms with van der Waals surface area (Å²) < 4.78 is 9.09. The molecule has 16 heteroatoms. The number of anilines is 2. The first-order chi connectivity index (χ1) is 25.1. The standard InChI is InChI=1S/C36H62N12O4/c1-43-29-27(31(49)45(3)35(43)51)47(33(41-29)39-23-17-11-9-15-21-37)25-19-13-7-5-6-8-14-20-26-48-28-30(44(2)36(52)46(4)32(28)50)42-34(48)40-24-18-12-10-16-22-38/h5-26,37-38H2,1-4H3,(H,39,41)(H,40,42). The van der Waals surface area contributed by atoms with Crippen molar-refractivity contribution >= 4 is 34.2 Å². The fourth-order valence-electron chi connectivity index (χ4n) is 6.84. The molecule has 0 saturated carbocycles. The normalized spacial score (nSPS) is 11.7. The van der Waals surface area contributed by atoms with E-state index in [-0.39, 0.29) is 22.5 Å². The van der Waals surface area contributed by atoms with Gasteiger partial charge in [-0.05, 0) is 51.6 Å². The van der Waals surface area contributed by atoms with Crippen molar-refractivity contribution < 1.29 is 0 Å². The van der Waals surface area contributed by atoms with Gasteiger partial charge in [-0.3, -0.25) is 27.9 Å². The molecular weight excluding hydrogens is 664 g/mol. The monoisotopic (exact) mass is 727 g/mol. The number of fused-ring (bicyclic) bond motifs is 2. The lowest BCUT2D eigenvalue weighted by atomic mass is 10.1. The minimum Gasteiger partial charge on any atom is -0.356 e. The van der Waals surface area contributed by atoms with Crippen LogP contribution in [0.1, 0.15) is 103 Å². The Balaban J connectivity index is 1.27. The molecule has 290 valence electrons. The van der Waals surface area contributed by atoms with Crippen molar-refractivity contribution in [2.24, 2.45) is 39.7 Å².